The zero-order valence-corrected chi connectivity index (χ0v) is 14.8. The average molecular weight is 334 g/mol. The number of para-hydroxylation sites is 1. The van der Waals surface area contributed by atoms with Crippen LogP contribution in [0.2, 0.25) is 0 Å². The van der Waals surface area contributed by atoms with Crippen molar-refractivity contribution in [3.63, 3.8) is 0 Å². The van der Waals surface area contributed by atoms with Crippen LogP contribution in [0.25, 0.3) is 0 Å². The molecule has 5 heteroatoms. The lowest BCUT2D eigenvalue weighted by atomic mass is 10.0. The summed E-state index contributed by atoms with van der Waals surface area (Å²) < 4.78 is 5.87. The molecule has 0 saturated carbocycles. The summed E-state index contributed by atoms with van der Waals surface area (Å²) in [6.07, 6.45) is 1.70. The minimum atomic E-state index is -0.372. The first-order valence-corrected chi connectivity index (χ1v) is 9.51. The topological polar surface area (TPSA) is 41.6 Å². The van der Waals surface area contributed by atoms with Crippen LogP contribution in [0.15, 0.2) is 29.2 Å². The molecule has 0 unspecified atom stereocenters. The molecule has 1 aromatic rings. The number of piperidine rings is 1. The van der Waals surface area contributed by atoms with Crippen LogP contribution in [0, 0.1) is 5.92 Å². The summed E-state index contributed by atoms with van der Waals surface area (Å²) in [4.78, 5) is 16.1. The van der Waals surface area contributed by atoms with Crippen LogP contribution in [0.4, 0.5) is 0 Å². The van der Waals surface area contributed by atoms with E-state index in [0.29, 0.717) is 11.7 Å². The van der Waals surface area contributed by atoms with Gasteiger partial charge in [0.15, 0.2) is 6.10 Å². The second kappa shape index (κ2) is 7.58. The third-order valence-electron chi connectivity index (χ3n) is 4.36. The Bertz CT molecular complexity index is 542. The normalized spacial score (nSPS) is 22.5. The monoisotopic (exact) mass is 334 g/mol. The maximum absolute atomic E-state index is 12.5. The van der Waals surface area contributed by atoms with Crippen LogP contribution in [-0.2, 0) is 4.79 Å². The largest absolute Gasteiger partial charge is 0.479 e. The predicted octanol–water partition coefficient (Wildman–Crippen LogP) is 2.78. The van der Waals surface area contributed by atoms with Gasteiger partial charge >= 0.3 is 0 Å². The van der Waals surface area contributed by atoms with Crippen molar-refractivity contribution in [3.8, 4) is 5.75 Å². The van der Waals surface area contributed by atoms with Crippen molar-refractivity contribution in [1.82, 2.24) is 10.2 Å². The molecule has 4 nitrogen and oxygen atoms in total. The summed E-state index contributed by atoms with van der Waals surface area (Å²) in [5, 5.41) is 3.19. The first-order chi connectivity index (χ1) is 11.1. The van der Waals surface area contributed by atoms with E-state index in [9.17, 15) is 4.79 Å². The first kappa shape index (κ1) is 16.7. The highest BCUT2D eigenvalue weighted by Gasteiger charge is 2.29. The highest BCUT2D eigenvalue weighted by atomic mass is 32.2. The van der Waals surface area contributed by atoms with Gasteiger partial charge in [0.2, 0.25) is 0 Å². The Hall–Kier alpha value is -1.20. The number of fused-ring (bicyclic) bond motifs is 1. The summed E-state index contributed by atoms with van der Waals surface area (Å²) in [6.45, 7) is 7.81. The fourth-order valence-corrected chi connectivity index (χ4v) is 4.20. The fourth-order valence-electron chi connectivity index (χ4n) is 3.22. The molecule has 1 fully saturated rings. The van der Waals surface area contributed by atoms with E-state index in [4.69, 9.17) is 4.74 Å². The maximum atomic E-state index is 12.5. The summed E-state index contributed by atoms with van der Waals surface area (Å²) in [6, 6.07) is 8.21. The lowest BCUT2D eigenvalue weighted by Gasteiger charge is -2.34. The van der Waals surface area contributed by atoms with Gasteiger partial charge in [-0.25, -0.2) is 0 Å². The Balaban J connectivity index is 1.47. The number of nitrogens with zero attached hydrogens (tertiary/aromatic N) is 1. The van der Waals surface area contributed by atoms with Gasteiger partial charge in [0.1, 0.15) is 5.75 Å². The number of amides is 1. The van der Waals surface area contributed by atoms with E-state index in [1.807, 2.05) is 24.3 Å². The van der Waals surface area contributed by atoms with Crippen LogP contribution in [0.3, 0.4) is 0 Å². The zero-order chi connectivity index (χ0) is 16.2. The van der Waals surface area contributed by atoms with Crippen molar-refractivity contribution in [2.75, 3.05) is 25.4 Å². The molecule has 0 spiro atoms. The molecule has 0 radical (unpaired) electrons. The molecular formula is C18H26N2O2S. The number of rotatable bonds is 4. The molecule has 2 aliphatic rings. The molecule has 1 N–H and O–H groups in total. The van der Waals surface area contributed by atoms with Crippen molar-refractivity contribution in [2.45, 2.75) is 43.7 Å². The molecule has 23 heavy (non-hydrogen) atoms. The van der Waals surface area contributed by atoms with Crippen LogP contribution in [0.1, 0.15) is 26.7 Å². The van der Waals surface area contributed by atoms with Crippen molar-refractivity contribution in [3.05, 3.63) is 24.3 Å². The number of hydrogen-bond donors (Lipinski definition) is 1. The molecule has 126 valence electrons. The lowest BCUT2D eigenvalue weighted by molar-refractivity contribution is -0.128. The Kier molecular flexibility index (Phi) is 5.49. The van der Waals surface area contributed by atoms with Gasteiger partial charge < -0.3 is 15.0 Å². The van der Waals surface area contributed by atoms with Crippen molar-refractivity contribution < 1.29 is 9.53 Å². The van der Waals surface area contributed by atoms with E-state index < -0.39 is 0 Å². The Labute approximate surface area is 143 Å². The second-order valence-electron chi connectivity index (χ2n) is 6.84. The molecule has 2 aliphatic heterocycles. The highest BCUT2D eigenvalue weighted by Crippen LogP contribution is 2.34. The minimum absolute atomic E-state index is 0.0364. The molecule has 1 atom stereocenters. The minimum Gasteiger partial charge on any atom is -0.479 e. The van der Waals surface area contributed by atoms with Crippen LogP contribution in [0.5, 0.6) is 5.75 Å². The molecule has 2 heterocycles. The van der Waals surface area contributed by atoms with Gasteiger partial charge in [0.05, 0.1) is 0 Å². The number of thioether (sulfide) groups is 1. The summed E-state index contributed by atoms with van der Waals surface area (Å²) in [5.74, 6) is 2.26. The number of likely N-dealkylation sites (tertiary alicyclic amines) is 1. The van der Waals surface area contributed by atoms with E-state index in [0.717, 1.165) is 43.1 Å². The van der Waals surface area contributed by atoms with E-state index in [1.54, 1.807) is 11.8 Å². The molecule has 3 rings (SSSR count). The standard InChI is InChI=1S/C18H26N2O2S/c1-13(2)11-20-9-7-14(8-10-20)19-18(21)16-12-23-17-6-4-3-5-15(17)22-16/h3-6,13-14,16H,7-12H2,1-2H3,(H,19,21)/t16-/m0/s1. The van der Waals surface area contributed by atoms with E-state index in [2.05, 4.69) is 24.1 Å². The number of carbonyl (C=O) groups excluding carboxylic acids is 1. The molecular weight excluding hydrogens is 308 g/mol. The summed E-state index contributed by atoms with van der Waals surface area (Å²) in [7, 11) is 0. The Morgan fingerprint density at radius 2 is 2.09 bits per heavy atom. The third kappa shape index (κ3) is 4.42. The van der Waals surface area contributed by atoms with Crippen LogP contribution in [-0.4, -0.2) is 48.3 Å². The number of carbonyl (C=O) groups is 1. The molecule has 0 bridgehead atoms. The maximum Gasteiger partial charge on any atom is 0.262 e. The molecule has 0 aromatic heterocycles. The van der Waals surface area contributed by atoms with E-state index >= 15 is 0 Å². The van der Waals surface area contributed by atoms with Gasteiger partial charge in [-0.3, -0.25) is 4.79 Å². The van der Waals surface area contributed by atoms with Crippen molar-refractivity contribution >= 4 is 17.7 Å². The van der Waals surface area contributed by atoms with E-state index in [1.165, 1.54) is 0 Å². The number of benzene rings is 1. The number of nitrogens with one attached hydrogen (secondary N) is 1. The molecule has 1 amide bonds. The predicted molar refractivity (Wildman–Crippen MR) is 94.0 cm³/mol. The van der Waals surface area contributed by atoms with Gasteiger partial charge in [-0.05, 0) is 30.9 Å². The van der Waals surface area contributed by atoms with Gasteiger partial charge in [0.25, 0.3) is 5.91 Å². The summed E-state index contributed by atoms with van der Waals surface area (Å²) >= 11 is 1.70. The average Bonchev–Trinajstić information content (AvgIpc) is 2.55. The Morgan fingerprint density at radius 3 is 2.83 bits per heavy atom. The van der Waals surface area contributed by atoms with Crippen LogP contribution < -0.4 is 10.1 Å². The van der Waals surface area contributed by atoms with Crippen molar-refractivity contribution in [1.29, 1.82) is 0 Å². The number of ether oxygens (including phenoxy) is 1. The van der Waals surface area contributed by atoms with Gasteiger partial charge in [-0.1, -0.05) is 26.0 Å². The Morgan fingerprint density at radius 1 is 1.35 bits per heavy atom. The number of hydrogen-bond acceptors (Lipinski definition) is 4. The van der Waals surface area contributed by atoms with Crippen LogP contribution >= 0.6 is 11.8 Å². The van der Waals surface area contributed by atoms with Gasteiger partial charge in [-0.15, -0.1) is 11.8 Å². The highest BCUT2D eigenvalue weighted by molar-refractivity contribution is 7.99. The lowest BCUT2D eigenvalue weighted by Crippen LogP contribution is -2.50. The SMILES string of the molecule is CC(C)CN1CCC(NC(=O)[C@@H]2CSc3ccccc3O2)CC1. The quantitative estimate of drug-likeness (QED) is 0.919. The summed E-state index contributed by atoms with van der Waals surface area (Å²) in [5.41, 5.74) is 0. The fraction of sp³-hybridized carbons (Fsp3) is 0.611. The molecule has 1 saturated heterocycles. The van der Waals surface area contributed by atoms with Gasteiger partial charge in [0, 0.05) is 36.3 Å². The van der Waals surface area contributed by atoms with E-state index in [-0.39, 0.29) is 18.1 Å². The second-order valence-corrected chi connectivity index (χ2v) is 7.90. The smallest absolute Gasteiger partial charge is 0.262 e. The zero-order valence-electron chi connectivity index (χ0n) is 14.0. The third-order valence-corrected chi connectivity index (χ3v) is 5.48. The molecule has 0 aliphatic carbocycles. The van der Waals surface area contributed by atoms with Gasteiger partial charge in [-0.2, -0.15) is 0 Å². The first-order valence-electron chi connectivity index (χ1n) is 8.53. The van der Waals surface area contributed by atoms with Crippen molar-refractivity contribution in [2.24, 2.45) is 5.92 Å². The molecule has 1 aromatic carbocycles.